The van der Waals surface area contributed by atoms with E-state index in [9.17, 15) is 18.8 Å². The summed E-state index contributed by atoms with van der Waals surface area (Å²) in [4.78, 5) is 32.8. The van der Waals surface area contributed by atoms with Crippen molar-refractivity contribution in [2.45, 2.75) is 12.5 Å². The number of carboxylic acid groups (broad SMARTS) is 2. The molecular weight excluding hydrogens is 285 g/mol. The predicted octanol–water partition coefficient (Wildman–Crippen LogP) is 0.747. The van der Waals surface area contributed by atoms with E-state index >= 15 is 0 Å². The van der Waals surface area contributed by atoms with Crippen LogP contribution in [-0.4, -0.2) is 34.2 Å². The first-order chi connectivity index (χ1) is 9.83. The fourth-order valence-electron chi connectivity index (χ4n) is 1.41. The molecule has 2 amide bonds. The van der Waals surface area contributed by atoms with Gasteiger partial charge in [-0.05, 0) is 18.2 Å². The number of nitrogens with zero attached hydrogens (tertiary/aromatic N) is 1. The fraction of sp³-hybridized carbons (Fsp3) is 0.167. The highest BCUT2D eigenvalue weighted by atomic mass is 19.1. The Balaban J connectivity index is 2.79. The van der Waals surface area contributed by atoms with Crippen molar-refractivity contribution >= 4 is 23.7 Å². The number of benzene rings is 1. The van der Waals surface area contributed by atoms with Crippen LogP contribution >= 0.6 is 0 Å². The lowest BCUT2D eigenvalue weighted by atomic mass is 10.2. The number of rotatable bonds is 5. The normalized spacial score (nSPS) is 11.0. The zero-order valence-electron chi connectivity index (χ0n) is 10.5. The van der Waals surface area contributed by atoms with Crippen molar-refractivity contribution in [2.24, 2.45) is 0 Å². The van der Waals surface area contributed by atoms with Crippen LogP contribution in [0, 0.1) is 17.1 Å². The Hall–Kier alpha value is -3.15. The maximum absolute atomic E-state index is 12.9. The molecule has 0 fully saturated rings. The smallest absolute Gasteiger partial charge is 0.326 e. The third-order valence-corrected chi connectivity index (χ3v) is 2.33. The zero-order valence-corrected chi connectivity index (χ0v) is 10.5. The summed E-state index contributed by atoms with van der Waals surface area (Å²) in [5, 5.41) is 30.2. The van der Waals surface area contributed by atoms with Crippen molar-refractivity contribution in [1.29, 1.82) is 5.26 Å². The maximum atomic E-state index is 12.9. The number of carbonyl (C=O) groups excluding carboxylic acids is 1. The minimum atomic E-state index is -1.63. The molecular formula is C12H10FN3O5. The molecule has 0 saturated heterocycles. The molecule has 8 nitrogen and oxygen atoms in total. The van der Waals surface area contributed by atoms with Gasteiger partial charge in [-0.1, -0.05) is 0 Å². The molecule has 0 unspecified atom stereocenters. The third-order valence-electron chi connectivity index (χ3n) is 2.33. The van der Waals surface area contributed by atoms with Gasteiger partial charge in [0.15, 0.2) is 0 Å². The standard InChI is InChI=1S/C12H10FN3O5/c13-7-1-2-8(6(3-7)5-14)15-12(21)16-9(11(19)20)4-10(17)18/h1-3,9H,4H2,(H,17,18)(H,19,20)(H2,15,16,21)/t9-/m0/s1. The van der Waals surface area contributed by atoms with E-state index in [0.717, 1.165) is 18.2 Å². The number of carbonyl (C=O) groups is 3. The van der Waals surface area contributed by atoms with E-state index in [1.807, 2.05) is 5.32 Å². The van der Waals surface area contributed by atoms with Gasteiger partial charge in [0.2, 0.25) is 0 Å². The van der Waals surface area contributed by atoms with E-state index < -0.39 is 36.2 Å². The number of carboxylic acids is 2. The van der Waals surface area contributed by atoms with Crippen LogP contribution < -0.4 is 10.6 Å². The Kier molecular flexibility index (Phi) is 5.19. The first-order valence-corrected chi connectivity index (χ1v) is 5.55. The second-order valence-corrected chi connectivity index (χ2v) is 3.89. The molecule has 4 N–H and O–H groups in total. The molecule has 21 heavy (non-hydrogen) atoms. The summed E-state index contributed by atoms with van der Waals surface area (Å²) in [5.41, 5.74) is -0.189. The van der Waals surface area contributed by atoms with Gasteiger partial charge in [-0.3, -0.25) is 4.79 Å². The molecule has 1 aromatic carbocycles. The van der Waals surface area contributed by atoms with Crippen LogP contribution in [0.3, 0.4) is 0 Å². The number of nitrogens with one attached hydrogen (secondary N) is 2. The van der Waals surface area contributed by atoms with Gasteiger partial charge >= 0.3 is 18.0 Å². The van der Waals surface area contributed by atoms with Crippen LogP contribution in [0.25, 0.3) is 0 Å². The Morgan fingerprint density at radius 3 is 2.52 bits per heavy atom. The lowest BCUT2D eigenvalue weighted by Gasteiger charge is -2.13. The molecule has 0 radical (unpaired) electrons. The lowest BCUT2D eigenvalue weighted by Crippen LogP contribution is -2.44. The number of urea groups is 1. The van der Waals surface area contributed by atoms with Crippen molar-refractivity contribution in [3.05, 3.63) is 29.6 Å². The van der Waals surface area contributed by atoms with Crippen LogP contribution in [0.15, 0.2) is 18.2 Å². The maximum Gasteiger partial charge on any atom is 0.326 e. The zero-order chi connectivity index (χ0) is 16.0. The molecule has 1 aromatic rings. The highest BCUT2D eigenvalue weighted by molar-refractivity contribution is 5.94. The van der Waals surface area contributed by atoms with E-state index in [4.69, 9.17) is 15.5 Å². The number of nitriles is 1. The van der Waals surface area contributed by atoms with Gasteiger partial charge in [0.1, 0.15) is 17.9 Å². The van der Waals surface area contributed by atoms with Gasteiger partial charge in [0.25, 0.3) is 0 Å². The Morgan fingerprint density at radius 1 is 1.33 bits per heavy atom. The molecule has 0 aliphatic rings. The van der Waals surface area contributed by atoms with Gasteiger partial charge in [0.05, 0.1) is 17.7 Å². The van der Waals surface area contributed by atoms with Crippen molar-refractivity contribution < 1.29 is 29.0 Å². The Labute approximate surface area is 117 Å². The predicted molar refractivity (Wildman–Crippen MR) is 66.9 cm³/mol. The summed E-state index contributed by atoms with van der Waals surface area (Å²) >= 11 is 0. The molecule has 0 aliphatic carbocycles. The van der Waals surface area contributed by atoms with Crippen LogP contribution in [0.4, 0.5) is 14.9 Å². The topological polar surface area (TPSA) is 140 Å². The van der Waals surface area contributed by atoms with E-state index in [-0.39, 0.29) is 11.3 Å². The number of hydrogen-bond acceptors (Lipinski definition) is 4. The summed E-state index contributed by atoms with van der Waals surface area (Å²) in [7, 11) is 0. The number of aliphatic carboxylic acids is 2. The quantitative estimate of drug-likeness (QED) is 0.632. The molecule has 0 heterocycles. The molecule has 0 aromatic heterocycles. The van der Waals surface area contributed by atoms with Crippen molar-refractivity contribution in [1.82, 2.24) is 5.32 Å². The summed E-state index contributed by atoms with van der Waals surface area (Å²) in [6.45, 7) is 0. The van der Waals surface area contributed by atoms with Crippen molar-refractivity contribution in [3.8, 4) is 6.07 Å². The average Bonchev–Trinajstić information content (AvgIpc) is 2.39. The van der Waals surface area contributed by atoms with E-state index in [1.165, 1.54) is 0 Å². The molecule has 9 heteroatoms. The Morgan fingerprint density at radius 2 is 2.00 bits per heavy atom. The molecule has 0 aliphatic heterocycles. The number of amides is 2. The average molecular weight is 295 g/mol. The van der Waals surface area contributed by atoms with E-state index in [0.29, 0.717) is 0 Å². The van der Waals surface area contributed by atoms with Crippen LogP contribution in [-0.2, 0) is 9.59 Å². The van der Waals surface area contributed by atoms with Gasteiger partial charge < -0.3 is 20.8 Å². The van der Waals surface area contributed by atoms with E-state index in [1.54, 1.807) is 6.07 Å². The highest BCUT2D eigenvalue weighted by Crippen LogP contribution is 2.15. The molecule has 1 rings (SSSR count). The van der Waals surface area contributed by atoms with Crippen LogP contribution in [0.2, 0.25) is 0 Å². The largest absolute Gasteiger partial charge is 0.481 e. The first kappa shape index (κ1) is 15.9. The SMILES string of the molecule is N#Cc1cc(F)ccc1NC(=O)N[C@@H](CC(=O)O)C(=O)O. The minimum absolute atomic E-state index is 0.0316. The fourth-order valence-corrected chi connectivity index (χ4v) is 1.41. The lowest BCUT2D eigenvalue weighted by molar-refractivity contribution is -0.145. The molecule has 0 spiro atoms. The van der Waals surface area contributed by atoms with Gasteiger partial charge in [0, 0.05) is 0 Å². The second kappa shape index (κ2) is 6.85. The van der Waals surface area contributed by atoms with Gasteiger partial charge in [-0.15, -0.1) is 0 Å². The molecule has 1 atom stereocenters. The third kappa shape index (κ3) is 4.79. The highest BCUT2D eigenvalue weighted by Gasteiger charge is 2.23. The number of anilines is 1. The second-order valence-electron chi connectivity index (χ2n) is 3.89. The summed E-state index contributed by atoms with van der Waals surface area (Å²) in [5.74, 6) is -3.60. The first-order valence-electron chi connectivity index (χ1n) is 5.55. The number of hydrogen-bond donors (Lipinski definition) is 4. The molecule has 0 saturated carbocycles. The van der Waals surface area contributed by atoms with Gasteiger partial charge in [-0.2, -0.15) is 5.26 Å². The summed E-state index contributed by atoms with van der Waals surface area (Å²) in [6.07, 6.45) is -0.808. The number of halogens is 1. The van der Waals surface area contributed by atoms with Crippen LogP contribution in [0.1, 0.15) is 12.0 Å². The Bertz CT molecular complexity index is 626. The molecule has 110 valence electrons. The van der Waals surface area contributed by atoms with Crippen molar-refractivity contribution in [2.75, 3.05) is 5.32 Å². The summed E-state index contributed by atoms with van der Waals surface area (Å²) < 4.78 is 12.9. The monoisotopic (exact) mass is 295 g/mol. The van der Waals surface area contributed by atoms with Gasteiger partial charge in [-0.25, -0.2) is 14.0 Å². The van der Waals surface area contributed by atoms with E-state index in [2.05, 4.69) is 5.32 Å². The summed E-state index contributed by atoms with van der Waals surface area (Å²) in [6, 6.07) is 2.02. The van der Waals surface area contributed by atoms with Crippen molar-refractivity contribution in [3.63, 3.8) is 0 Å². The minimum Gasteiger partial charge on any atom is -0.481 e. The molecule has 0 bridgehead atoms. The van der Waals surface area contributed by atoms with Crippen LogP contribution in [0.5, 0.6) is 0 Å².